The van der Waals surface area contributed by atoms with E-state index in [1.165, 1.54) is 4.90 Å². The van der Waals surface area contributed by atoms with Gasteiger partial charge in [-0.25, -0.2) is 4.79 Å². The summed E-state index contributed by atoms with van der Waals surface area (Å²) in [5, 5.41) is 12.3. The molecular weight excluding hydrogens is 518 g/mol. The van der Waals surface area contributed by atoms with Crippen molar-refractivity contribution >= 4 is 29.2 Å². The molecule has 6 rings (SSSR count). The number of aromatic nitrogens is 1. The Morgan fingerprint density at radius 1 is 1.05 bits per heavy atom. The van der Waals surface area contributed by atoms with Gasteiger partial charge in [0.25, 0.3) is 11.8 Å². The first-order chi connectivity index (χ1) is 19.6. The van der Waals surface area contributed by atoms with Gasteiger partial charge in [0.2, 0.25) is 0 Å². The molecule has 2 aliphatic heterocycles. The van der Waals surface area contributed by atoms with Gasteiger partial charge in [-0.3, -0.25) is 19.5 Å². The van der Waals surface area contributed by atoms with Crippen LogP contribution < -0.4 is 5.32 Å². The Bertz CT molecular complexity index is 1390. The molecule has 3 fully saturated rings. The molecule has 41 heavy (non-hydrogen) atoms. The van der Waals surface area contributed by atoms with Crippen molar-refractivity contribution in [3.8, 4) is 0 Å². The number of rotatable bonds is 8. The summed E-state index contributed by atoms with van der Waals surface area (Å²) < 4.78 is 5.48. The number of ether oxygens (including phenoxy) is 1. The van der Waals surface area contributed by atoms with E-state index in [1.807, 2.05) is 45.2 Å². The summed E-state index contributed by atoms with van der Waals surface area (Å²) in [5.41, 5.74) is 3.56. The molecule has 9 heteroatoms. The lowest BCUT2D eigenvalue weighted by atomic mass is 9.80. The van der Waals surface area contributed by atoms with E-state index in [0.717, 1.165) is 42.6 Å². The maximum Gasteiger partial charge on any atom is 0.410 e. The predicted molar refractivity (Wildman–Crippen MR) is 155 cm³/mol. The minimum Gasteiger partial charge on any atom is -0.444 e. The number of carbonyl (C=O) groups is 3. The third-order valence-corrected chi connectivity index (χ3v) is 8.29. The SMILES string of the molecule is CC(C)(C)OC(=O)N1CC(c2cccc(/C(=C/N[C@H]3C[C@H](CN4C(=O)c5ccccc5C4=O)C3)C(=N)C3CC3)n2)C1. The highest BCUT2D eigenvalue weighted by molar-refractivity contribution is 6.23. The molecule has 214 valence electrons. The summed E-state index contributed by atoms with van der Waals surface area (Å²) in [7, 11) is 0. The number of amides is 3. The van der Waals surface area contributed by atoms with Gasteiger partial charge >= 0.3 is 6.09 Å². The third-order valence-electron chi connectivity index (χ3n) is 8.29. The highest BCUT2D eigenvalue weighted by atomic mass is 16.6. The lowest BCUT2D eigenvalue weighted by Crippen LogP contribution is -2.50. The lowest BCUT2D eigenvalue weighted by molar-refractivity contribution is 0.00785. The number of nitrogens with zero attached hydrogens (tertiary/aromatic N) is 3. The summed E-state index contributed by atoms with van der Waals surface area (Å²) in [6.07, 6.45) is 5.38. The van der Waals surface area contributed by atoms with E-state index in [4.69, 9.17) is 15.1 Å². The molecule has 0 spiro atoms. The van der Waals surface area contributed by atoms with Crippen LogP contribution in [-0.2, 0) is 4.74 Å². The Kier molecular flexibility index (Phi) is 6.91. The summed E-state index contributed by atoms with van der Waals surface area (Å²) in [5.74, 6) is 0.258. The molecule has 3 heterocycles. The van der Waals surface area contributed by atoms with Crippen LogP contribution in [-0.4, -0.2) is 69.7 Å². The predicted octanol–water partition coefficient (Wildman–Crippen LogP) is 4.85. The number of nitrogens with one attached hydrogen (secondary N) is 2. The van der Waals surface area contributed by atoms with Crippen LogP contribution in [0.25, 0.3) is 5.57 Å². The topological polar surface area (TPSA) is 116 Å². The Balaban J connectivity index is 1.07. The number of likely N-dealkylation sites (tertiary alicyclic amines) is 1. The molecule has 1 aromatic heterocycles. The van der Waals surface area contributed by atoms with Gasteiger partial charge in [0.05, 0.1) is 16.8 Å². The van der Waals surface area contributed by atoms with E-state index in [9.17, 15) is 14.4 Å². The van der Waals surface area contributed by atoms with Crippen molar-refractivity contribution in [1.82, 2.24) is 20.1 Å². The molecule has 0 bridgehead atoms. The standard InChI is InChI=1S/C32H37N5O4/c1-32(2,3)41-31(40)36-17-21(18-36)26-9-6-10-27(35-26)25(28(33)20-11-12-20)15-34-22-13-19(14-22)16-37-29(38)23-7-4-5-8-24(23)30(37)39/h4-10,15,19-22,33-34H,11-14,16-18H2,1-3H3/b25-15-,33-28?/t19-,22-. The molecule has 0 radical (unpaired) electrons. The van der Waals surface area contributed by atoms with Crippen molar-refractivity contribution in [2.24, 2.45) is 11.8 Å². The second kappa shape index (κ2) is 10.4. The van der Waals surface area contributed by atoms with E-state index in [1.54, 1.807) is 29.2 Å². The number of benzene rings is 1. The van der Waals surface area contributed by atoms with Crippen LogP contribution in [0.4, 0.5) is 4.79 Å². The van der Waals surface area contributed by atoms with Crippen LogP contribution in [0, 0.1) is 17.2 Å². The van der Waals surface area contributed by atoms with Crippen molar-refractivity contribution < 1.29 is 19.1 Å². The number of fused-ring (bicyclic) bond motifs is 1. The van der Waals surface area contributed by atoms with E-state index in [0.29, 0.717) is 36.5 Å². The normalized spacial score (nSPS) is 22.7. The number of hydrogen-bond acceptors (Lipinski definition) is 7. The first-order valence-electron chi connectivity index (χ1n) is 14.5. The second-order valence-corrected chi connectivity index (χ2v) is 12.7. The van der Waals surface area contributed by atoms with Gasteiger partial charge in [0.15, 0.2) is 0 Å². The van der Waals surface area contributed by atoms with Gasteiger partial charge in [-0.15, -0.1) is 0 Å². The maximum atomic E-state index is 12.7. The minimum absolute atomic E-state index is 0.140. The Morgan fingerprint density at radius 2 is 1.71 bits per heavy atom. The molecule has 2 N–H and O–H groups in total. The number of hydrogen-bond donors (Lipinski definition) is 2. The molecular formula is C32H37N5O4. The molecule has 2 saturated carbocycles. The van der Waals surface area contributed by atoms with Crippen molar-refractivity contribution in [3.63, 3.8) is 0 Å². The van der Waals surface area contributed by atoms with Crippen LogP contribution in [0.15, 0.2) is 48.7 Å². The summed E-state index contributed by atoms with van der Waals surface area (Å²) in [6, 6.07) is 13.1. The van der Waals surface area contributed by atoms with Crippen LogP contribution in [0.2, 0.25) is 0 Å². The third kappa shape index (κ3) is 5.62. The fourth-order valence-corrected chi connectivity index (χ4v) is 5.74. The fourth-order valence-electron chi connectivity index (χ4n) is 5.74. The zero-order valence-electron chi connectivity index (χ0n) is 23.9. The highest BCUT2D eigenvalue weighted by Crippen LogP contribution is 2.37. The first kappa shape index (κ1) is 27.2. The largest absolute Gasteiger partial charge is 0.444 e. The van der Waals surface area contributed by atoms with Crippen LogP contribution in [0.1, 0.15) is 84.5 Å². The summed E-state index contributed by atoms with van der Waals surface area (Å²) in [6.45, 7) is 7.16. The van der Waals surface area contributed by atoms with Gasteiger partial charge in [0, 0.05) is 60.7 Å². The number of pyridine rings is 1. The lowest BCUT2D eigenvalue weighted by Gasteiger charge is -2.39. The molecule has 0 unspecified atom stereocenters. The Morgan fingerprint density at radius 3 is 2.32 bits per heavy atom. The van der Waals surface area contributed by atoms with E-state index >= 15 is 0 Å². The fraction of sp³-hybridized carbons (Fsp3) is 0.469. The molecule has 2 aliphatic carbocycles. The van der Waals surface area contributed by atoms with Crippen LogP contribution >= 0.6 is 0 Å². The molecule has 1 aromatic carbocycles. The summed E-state index contributed by atoms with van der Waals surface area (Å²) in [4.78, 5) is 45.8. The average Bonchev–Trinajstić information content (AvgIpc) is 3.69. The van der Waals surface area contributed by atoms with Gasteiger partial charge in [-0.1, -0.05) is 18.2 Å². The minimum atomic E-state index is -0.522. The zero-order chi connectivity index (χ0) is 28.9. The highest BCUT2D eigenvalue weighted by Gasteiger charge is 2.40. The number of imide groups is 1. The molecule has 9 nitrogen and oxygen atoms in total. The Labute approximate surface area is 240 Å². The monoisotopic (exact) mass is 555 g/mol. The average molecular weight is 556 g/mol. The van der Waals surface area contributed by atoms with Crippen molar-refractivity contribution in [2.45, 2.75) is 64.0 Å². The summed E-state index contributed by atoms with van der Waals surface area (Å²) >= 11 is 0. The van der Waals surface area contributed by atoms with Gasteiger partial charge in [0.1, 0.15) is 5.60 Å². The van der Waals surface area contributed by atoms with E-state index in [2.05, 4.69) is 5.32 Å². The number of carbonyl (C=O) groups excluding carboxylic acids is 3. The van der Waals surface area contributed by atoms with Gasteiger partial charge in [-0.05, 0) is 76.6 Å². The second-order valence-electron chi connectivity index (χ2n) is 12.7. The maximum absolute atomic E-state index is 12.7. The van der Waals surface area contributed by atoms with E-state index < -0.39 is 5.60 Å². The first-order valence-corrected chi connectivity index (χ1v) is 14.5. The number of allylic oxidation sites excluding steroid dienone is 1. The van der Waals surface area contributed by atoms with E-state index in [-0.39, 0.29) is 41.7 Å². The zero-order valence-corrected chi connectivity index (χ0v) is 23.9. The van der Waals surface area contributed by atoms with Crippen LogP contribution in [0.5, 0.6) is 0 Å². The molecule has 4 aliphatic rings. The molecule has 2 aromatic rings. The molecule has 1 saturated heterocycles. The smallest absolute Gasteiger partial charge is 0.410 e. The quantitative estimate of drug-likeness (QED) is 0.355. The van der Waals surface area contributed by atoms with Crippen molar-refractivity contribution in [2.75, 3.05) is 19.6 Å². The van der Waals surface area contributed by atoms with Crippen LogP contribution in [0.3, 0.4) is 0 Å². The van der Waals surface area contributed by atoms with Gasteiger partial charge in [-0.2, -0.15) is 0 Å². The van der Waals surface area contributed by atoms with Crippen molar-refractivity contribution in [1.29, 1.82) is 5.41 Å². The molecule has 0 atom stereocenters. The van der Waals surface area contributed by atoms with Crippen molar-refractivity contribution in [3.05, 3.63) is 71.2 Å². The molecule has 3 amide bonds. The Hall–Kier alpha value is -4.01. The van der Waals surface area contributed by atoms with Gasteiger partial charge < -0.3 is 20.4 Å².